The van der Waals surface area contributed by atoms with E-state index in [2.05, 4.69) is 20.8 Å². The van der Waals surface area contributed by atoms with Crippen LogP contribution in [0.3, 0.4) is 0 Å². The summed E-state index contributed by atoms with van der Waals surface area (Å²) in [6, 6.07) is 0. The molecule has 0 bridgehead atoms. The van der Waals surface area contributed by atoms with Crippen LogP contribution in [0.2, 0.25) is 0 Å². The van der Waals surface area contributed by atoms with E-state index in [1.807, 2.05) is 17.3 Å². The van der Waals surface area contributed by atoms with Crippen LogP contribution in [0.25, 0.3) is 0 Å². The Balaban J connectivity index is 4.04. The van der Waals surface area contributed by atoms with Crippen molar-refractivity contribution in [2.45, 2.75) is 136 Å². The Labute approximate surface area is 182 Å². The van der Waals surface area contributed by atoms with Gasteiger partial charge in [-0.3, -0.25) is 0 Å². The first-order chi connectivity index (χ1) is 14.1. The number of unbranched alkanes of at least 4 members (excludes halogenated alkanes) is 13. The molecule has 0 aromatic rings. The number of aliphatic hydroxyl groups is 2. The van der Waals surface area contributed by atoms with Crippen LogP contribution in [0, 0.1) is 0 Å². The number of hydrogen-bond acceptors (Lipinski definition) is 3. The van der Waals surface area contributed by atoms with Crippen LogP contribution in [0.1, 0.15) is 136 Å². The van der Waals surface area contributed by atoms with Gasteiger partial charge in [0.05, 0.1) is 0 Å². The Bertz CT molecular complexity index is 380. The summed E-state index contributed by atoms with van der Waals surface area (Å²) in [4.78, 5) is 1.99. The van der Waals surface area contributed by atoms with Crippen molar-refractivity contribution in [3.05, 3.63) is 23.9 Å². The van der Waals surface area contributed by atoms with Crippen LogP contribution in [0.4, 0.5) is 0 Å². The fraction of sp³-hybridized carbons (Fsp3) is 0.846. The molecule has 0 aliphatic carbocycles. The van der Waals surface area contributed by atoms with Gasteiger partial charge in [-0.2, -0.15) is 0 Å². The largest absolute Gasteiger partial charge is 0.511 e. The molecule has 0 spiro atoms. The van der Waals surface area contributed by atoms with Crippen molar-refractivity contribution in [3.63, 3.8) is 0 Å². The number of rotatable bonds is 21. The highest BCUT2D eigenvalue weighted by molar-refractivity contribution is 4.99. The number of aliphatic hydroxyl groups excluding tert-OH is 2. The van der Waals surface area contributed by atoms with E-state index in [4.69, 9.17) is 0 Å². The molecule has 0 unspecified atom stereocenters. The predicted octanol–water partition coefficient (Wildman–Crippen LogP) is 9.17. The van der Waals surface area contributed by atoms with Crippen molar-refractivity contribution in [1.82, 2.24) is 4.90 Å². The normalized spacial score (nSPS) is 12.5. The van der Waals surface area contributed by atoms with Crippen molar-refractivity contribution < 1.29 is 10.2 Å². The molecular weight excluding hydrogens is 358 g/mol. The van der Waals surface area contributed by atoms with Crippen molar-refractivity contribution in [3.8, 4) is 0 Å². The minimum Gasteiger partial charge on any atom is -0.511 e. The lowest BCUT2D eigenvalue weighted by atomic mass is 10.1. The molecule has 0 aliphatic rings. The maximum absolute atomic E-state index is 10.1. The maximum atomic E-state index is 10.1. The van der Waals surface area contributed by atoms with E-state index < -0.39 is 0 Å². The van der Waals surface area contributed by atoms with Gasteiger partial charge in [-0.15, -0.1) is 0 Å². The fourth-order valence-electron chi connectivity index (χ4n) is 3.53. The Hall–Kier alpha value is -1.12. The third-order valence-corrected chi connectivity index (χ3v) is 5.47. The number of hydrogen-bond donors (Lipinski definition) is 2. The zero-order chi connectivity index (χ0) is 21.6. The number of nitrogens with zero attached hydrogens (tertiary/aromatic N) is 1. The monoisotopic (exact) mass is 409 g/mol. The van der Waals surface area contributed by atoms with Crippen molar-refractivity contribution in [2.24, 2.45) is 0 Å². The standard InChI is InChI=1S/C26H51NO2/c1-4-7-10-11-12-13-14-15-16-17-18-19-22-27(23-25(28)20-8-5-2)24-26(29)21-9-6-3/h23-24,28-29H,4-22H2,1-3H3. The molecule has 0 saturated carbocycles. The maximum Gasteiger partial charge on any atom is 0.108 e. The molecule has 0 aromatic heterocycles. The molecule has 0 aliphatic heterocycles. The Kier molecular flexibility index (Phi) is 20.8. The highest BCUT2D eigenvalue weighted by Crippen LogP contribution is 2.14. The second-order valence-corrected chi connectivity index (χ2v) is 8.57. The average molecular weight is 410 g/mol. The van der Waals surface area contributed by atoms with Gasteiger partial charge in [0, 0.05) is 31.8 Å². The molecule has 172 valence electrons. The lowest BCUT2D eigenvalue weighted by Crippen LogP contribution is -2.14. The second kappa shape index (κ2) is 21.6. The van der Waals surface area contributed by atoms with Gasteiger partial charge in [0.1, 0.15) is 11.5 Å². The summed E-state index contributed by atoms with van der Waals surface area (Å²) in [5.74, 6) is 0.843. The molecule has 0 aromatic carbocycles. The highest BCUT2D eigenvalue weighted by Gasteiger charge is 2.03. The third-order valence-electron chi connectivity index (χ3n) is 5.47. The third kappa shape index (κ3) is 19.9. The predicted molar refractivity (Wildman–Crippen MR) is 128 cm³/mol. The van der Waals surface area contributed by atoms with Crippen molar-refractivity contribution >= 4 is 0 Å². The molecule has 0 saturated heterocycles. The van der Waals surface area contributed by atoms with Gasteiger partial charge in [0.15, 0.2) is 0 Å². The van der Waals surface area contributed by atoms with E-state index in [9.17, 15) is 10.2 Å². The summed E-state index contributed by atoms with van der Waals surface area (Å²) < 4.78 is 0. The van der Waals surface area contributed by atoms with Crippen LogP contribution in [0.15, 0.2) is 23.9 Å². The summed E-state index contributed by atoms with van der Waals surface area (Å²) in [6.07, 6.45) is 25.3. The van der Waals surface area contributed by atoms with Crippen LogP contribution >= 0.6 is 0 Å². The minimum atomic E-state index is 0.422. The Morgan fingerprint density at radius 3 is 1.24 bits per heavy atom. The quantitative estimate of drug-likeness (QED) is 0.147. The lowest BCUT2D eigenvalue weighted by Gasteiger charge is -2.17. The summed E-state index contributed by atoms with van der Waals surface area (Å²) >= 11 is 0. The molecule has 0 radical (unpaired) electrons. The minimum absolute atomic E-state index is 0.422. The molecule has 3 nitrogen and oxygen atoms in total. The van der Waals surface area contributed by atoms with Gasteiger partial charge in [-0.05, 0) is 19.3 Å². The van der Waals surface area contributed by atoms with E-state index in [1.54, 1.807) is 0 Å². The lowest BCUT2D eigenvalue weighted by molar-refractivity contribution is 0.336. The smallest absolute Gasteiger partial charge is 0.108 e. The van der Waals surface area contributed by atoms with Crippen LogP contribution in [-0.4, -0.2) is 21.7 Å². The Morgan fingerprint density at radius 1 is 0.517 bits per heavy atom. The van der Waals surface area contributed by atoms with Gasteiger partial charge in [0.2, 0.25) is 0 Å². The first-order valence-electron chi connectivity index (χ1n) is 12.7. The zero-order valence-electron chi connectivity index (χ0n) is 19.9. The van der Waals surface area contributed by atoms with Gasteiger partial charge in [-0.25, -0.2) is 0 Å². The highest BCUT2D eigenvalue weighted by atomic mass is 16.3. The Morgan fingerprint density at radius 2 is 0.862 bits per heavy atom. The molecule has 2 N–H and O–H groups in total. The SMILES string of the molecule is CCCCCCCCCCCCCCN(C=C(O)CCCC)C=C(O)CCCC. The van der Waals surface area contributed by atoms with Crippen molar-refractivity contribution in [2.75, 3.05) is 6.54 Å². The molecule has 29 heavy (non-hydrogen) atoms. The molecule has 0 heterocycles. The molecular formula is C26H51NO2. The molecule has 0 atom stereocenters. The zero-order valence-corrected chi connectivity index (χ0v) is 19.9. The summed E-state index contributed by atoms with van der Waals surface area (Å²) in [5.41, 5.74) is 0. The van der Waals surface area contributed by atoms with E-state index in [1.165, 1.54) is 70.6 Å². The molecule has 3 heteroatoms. The summed E-state index contributed by atoms with van der Waals surface area (Å²) in [7, 11) is 0. The summed E-state index contributed by atoms with van der Waals surface area (Å²) in [6.45, 7) is 7.40. The van der Waals surface area contributed by atoms with E-state index in [0.29, 0.717) is 11.5 Å². The average Bonchev–Trinajstić information content (AvgIpc) is 2.71. The molecule has 0 amide bonds. The van der Waals surface area contributed by atoms with Crippen molar-refractivity contribution in [1.29, 1.82) is 0 Å². The molecule has 0 fully saturated rings. The topological polar surface area (TPSA) is 43.7 Å². The van der Waals surface area contributed by atoms with Gasteiger partial charge >= 0.3 is 0 Å². The first-order valence-corrected chi connectivity index (χ1v) is 12.7. The first kappa shape index (κ1) is 27.9. The van der Waals surface area contributed by atoms with E-state index in [0.717, 1.165) is 51.5 Å². The van der Waals surface area contributed by atoms with Gasteiger partial charge < -0.3 is 15.1 Å². The van der Waals surface area contributed by atoms with E-state index >= 15 is 0 Å². The van der Waals surface area contributed by atoms with Gasteiger partial charge in [-0.1, -0.05) is 104 Å². The second-order valence-electron chi connectivity index (χ2n) is 8.57. The van der Waals surface area contributed by atoms with Gasteiger partial charge in [0.25, 0.3) is 0 Å². The molecule has 0 rings (SSSR count). The van der Waals surface area contributed by atoms with E-state index in [-0.39, 0.29) is 0 Å². The summed E-state index contributed by atoms with van der Waals surface area (Å²) in [5, 5.41) is 20.3. The van der Waals surface area contributed by atoms with Crippen LogP contribution in [0.5, 0.6) is 0 Å². The fourth-order valence-corrected chi connectivity index (χ4v) is 3.53. The van der Waals surface area contributed by atoms with Crippen LogP contribution in [-0.2, 0) is 0 Å². The van der Waals surface area contributed by atoms with Crippen LogP contribution < -0.4 is 0 Å². The number of allylic oxidation sites excluding steroid dienone is 2.